The van der Waals surface area contributed by atoms with E-state index in [0.717, 1.165) is 35.5 Å². The van der Waals surface area contributed by atoms with Gasteiger partial charge in [-0.25, -0.2) is 0 Å². The van der Waals surface area contributed by atoms with Crippen LogP contribution in [0.1, 0.15) is 32.1 Å². The molecule has 0 aromatic carbocycles. The molecule has 0 aliphatic heterocycles. The molecule has 0 aromatic rings. The first kappa shape index (κ1) is 7.67. The van der Waals surface area contributed by atoms with Gasteiger partial charge in [0.15, 0.2) is 0 Å². The second-order valence-corrected chi connectivity index (χ2v) is 5.38. The molecule has 0 spiro atoms. The lowest BCUT2D eigenvalue weighted by Crippen LogP contribution is -2.25. The molecule has 12 heavy (non-hydrogen) atoms. The highest BCUT2D eigenvalue weighted by molar-refractivity contribution is 6.18. The summed E-state index contributed by atoms with van der Waals surface area (Å²) < 4.78 is 0. The number of hydrogen-bond acceptors (Lipinski definition) is 0. The van der Waals surface area contributed by atoms with Crippen molar-refractivity contribution in [3.8, 4) is 0 Å². The van der Waals surface area contributed by atoms with Crippen LogP contribution in [0, 0.1) is 29.6 Å². The molecule has 0 nitrogen and oxygen atoms in total. The van der Waals surface area contributed by atoms with Gasteiger partial charge in [0.05, 0.1) is 0 Å². The van der Waals surface area contributed by atoms with Crippen molar-refractivity contribution in [3.63, 3.8) is 0 Å². The van der Waals surface area contributed by atoms with Gasteiger partial charge >= 0.3 is 0 Å². The predicted molar refractivity (Wildman–Crippen MR) is 51.3 cm³/mol. The Morgan fingerprint density at radius 2 is 1.83 bits per heavy atom. The minimum atomic E-state index is 0.899. The van der Waals surface area contributed by atoms with E-state index < -0.39 is 0 Å². The topological polar surface area (TPSA) is 0 Å². The smallest absolute Gasteiger partial charge is 0.0254 e. The van der Waals surface area contributed by atoms with Gasteiger partial charge in [-0.05, 0) is 55.3 Å². The summed E-state index contributed by atoms with van der Waals surface area (Å²) in [4.78, 5) is 0. The third-order valence-electron chi connectivity index (χ3n) is 4.76. The van der Waals surface area contributed by atoms with Crippen molar-refractivity contribution in [2.24, 2.45) is 29.6 Å². The molecule has 0 heterocycles. The molecule has 68 valence electrons. The molecular weight excluding hydrogens is 168 g/mol. The SMILES string of the molecule is ClCC1CC2CC1C1CCCC21. The highest BCUT2D eigenvalue weighted by Gasteiger charge is 2.53. The quantitative estimate of drug-likeness (QED) is 0.549. The highest BCUT2D eigenvalue weighted by atomic mass is 35.5. The summed E-state index contributed by atoms with van der Waals surface area (Å²) in [5.74, 6) is 6.20. The fourth-order valence-corrected chi connectivity index (χ4v) is 4.74. The summed E-state index contributed by atoms with van der Waals surface area (Å²) in [6.07, 6.45) is 7.58. The molecule has 3 aliphatic rings. The summed E-state index contributed by atoms with van der Waals surface area (Å²) in [7, 11) is 0. The molecule has 3 rings (SSSR count). The third kappa shape index (κ3) is 0.852. The number of hydrogen-bond donors (Lipinski definition) is 0. The average molecular weight is 185 g/mol. The fraction of sp³-hybridized carbons (Fsp3) is 1.00. The van der Waals surface area contributed by atoms with Crippen LogP contribution >= 0.6 is 11.6 Å². The Balaban J connectivity index is 1.83. The van der Waals surface area contributed by atoms with Gasteiger partial charge in [-0.15, -0.1) is 11.6 Å². The average Bonchev–Trinajstić information content (AvgIpc) is 2.75. The molecule has 3 saturated carbocycles. The van der Waals surface area contributed by atoms with Gasteiger partial charge in [0.1, 0.15) is 0 Å². The van der Waals surface area contributed by atoms with Gasteiger partial charge in [0.25, 0.3) is 0 Å². The maximum absolute atomic E-state index is 5.99. The fourth-order valence-electron chi connectivity index (χ4n) is 4.39. The van der Waals surface area contributed by atoms with E-state index in [-0.39, 0.29) is 0 Å². The second kappa shape index (κ2) is 2.64. The summed E-state index contributed by atoms with van der Waals surface area (Å²) in [5, 5.41) is 0. The predicted octanol–water partition coefficient (Wildman–Crippen LogP) is 3.30. The number of halogens is 1. The first-order valence-electron chi connectivity index (χ1n) is 5.46. The lowest BCUT2D eigenvalue weighted by molar-refractivity contribution is 0.203. The van der Waals surface area contributed by atoms with Gasteiger partial charge in [-0.1, -0.05) is 6.42 Å². The third-order valence-corrected chi connectivity index (χ3v) is 5.16. The molecule has 3 aliphatic carbocycles. The van der Waals surface area contributed by atoms with Gasteiger partial charge in [0.2, 0.25) is 0 Å². The van der Waals surface area contributed by atoms with Crippen molar-refractivity contribution in [1.29, 1.82) is 0 Å². The van der Waals surface area contributed by atoms with Crippen LogP contribution in [0.25, 0.3) is 0 Å². The summed E-state index contributed by atoms with van der Waals surface area (Å²) in [6.45, 7) is 0. The molecule has 0 amide bonds. The number of fused-ring (bicyclic) bond motifs is 5. The summed E-state index contributed by atoms with van der Waals surface area (Å²) in [6, 6.07) is 0. The van der Waals surface area contributed by atoms with Gasteiger partial charge in [-0.2, -0.15) is 0 Å². The largest absolute Gasteiger partial charge is 0.126 e. The van der Waals surface area contributed by atoms with E-state index >= 15 is 0 Å². The van der Waals surface area contributed by atoms with Crippen LogP contribution in [0.2, 0.25) is 0 Å². The van der Waals surface area contributed by atoms with E-state index in [0.29, 0.717) is 0 Å². The first-order valence-corrected chi connectivity index (χ1v) is 5.99. The van der Waals surface area contributed by atoms with Crippen molar-refractivity contribution in [3.05, 3.63) is 0 Å². The van der Waals surface area contributed by atoms with Crippen LogP contribution in [0.15, 0.2) is 0 Å². The second-order valence-electron chi connectivity index (χ2n) is 5.07. The Kier molecular flexibility index (Phi) is 1.69. The Morgan fingerprint density at radius 3 is 2.67 bits per heavy atom. The van der Waals surface area contributed by atoms with Crippen LogP contribution in [0.4, 0.5) is 0 Å². The van der Waals surface area contributed by atoms with Crippen LogP contribution in [-0.2, 0) is 0 Å². The Labute approximate surface area is 79.7 Å². The molecule has 0 radical (unpaired) electrons. The Morgan fingerprint density at radius 1 is 1.00 bits per heavy atom. The van der Waals surface area contributed by atoms with E-state index in [2.05, 4.69) is 0 Å². The van der Waals surface area contributed by atoms with E-state index in [4.69, 9.17) is 11.6 Å². The zero-order chi connectivity index (χ0) is 8.13. The maximum Gasteiger partial charge on any atom is 0.0254 e. The lowest BCUT2D eigenvalue weighted by Gasteiger charge is -2.30. The van der Waals surface area contributed by atoms with E-state index in [1.54, 1.807) is 6.42 Å². The Bertz CT molecular complexity index is 187. The van der Waals surface area contributed by atoms with Crippen molar-refractivity contribution >= 4 is 11.6 Å². The molecule has 1 heteroatoms. The van der Waals surface area contributed by atoms with Gasteiger partial charge in [-0.3, -0.25) is 0 Å². The highest BCUT2D eigenvalue weighted by Crippen LogP contribution is 2.60. The maximum atomic E-state index is 5.99. The lowest BCUT2D eigenvalue weighted by atomic mass is 9.76. The standard InChI is InChI=1S/C11H17Cl/c12-6-8-4-7-5-11(8)10-3-1-2-9(7)10/h7-11H,1-6H2. The molecular formula is C11H17Cl. The Hall–Kier alpha value is 0.290. The molecule has 0 N–H and O–H groups in total. The molecule has 5 unspecified atom stereocenters. The first-order chi connectivity index (χ1) is 5.90. The van der Waals surface area contributed by atoms with Crippen LogP contribution in [0.5, 0.6) is 0 Å². The molecule has 2 bridgehead atoms. The normalized spacial score (nSPS) is 56.2. The summed E-state index contributed by atoms with van der Waals surface area (Å²) >= 11 is 5.99. The molecule has 0 aromatic heterocycles. The van der Waals surface area contributed by atoms with Crippen molar-refractivity contribution in [2.75, 3.05) is 5.88 Å². The van der Waals surface area contributed by atoms with E-state index in [1.165, 1.54) is 25.7 Å². The van der Waals surface area contributed by atoms with Crippen LogP contribution < -0.4 is 0 Å². The zero-order valence-corrected chi connectivity index (χ0v) is 8.26. The number of rotatable bonds is 1. The van der Waals surface area contributed by atoms with Crippen LogP contribution in [-0.4, -0.2) is 5.88 Å². The van der Waals surface area contributed by atoms with Gasteiger partial charge < -0.3 is 0 Å². The van der Waals surface area contributed by atoms with E-state index in [9.17, 15) is 0 Å². The van der Waals surface area contributed by atoms with E-state index in [1.807, 2.05) is 0 Å². The number of alkyl halides is 1. The molecule has 5 atom stereocenters. The zero-order valence-electron chi connectivity index (χ0n) is 7.51. The minimum Gasteiger partial charge on any atom is -0.126 e. The van der Waals surface area contributed by atoms with Crippen molar-refractivity contribution in [1.82, 2.24) is 0 Å². The van der Waals surface area contributed by atoms with Crippen LogP contribution in [0.3, 0.4) is 0 Å². The molecule has 0 saturated heterocycles. The minimum absolute atomic E-state index is 0.899. The molecule has 3 fully saturated rings. The summed E-state index contributed by atoms with van der Waals surface area (Å²) in [5.41, 5.74) is 0. The monoisotopic (exact) mass is 184 g/mol. The van der Waals surface area contributed by atoms with Crippen molar-refractivity contribution in [2.45, 2.75) is 32.1 Å². The van der Waals surface area contributed by atoms with Gasteiger partial charge in [0, 0.05) is 5.88 Å². The van der Waals surface area contributed by atoms with Crippen molar-refractivity contribution < 1.29 is 0 Å².